The van der Waals surface area contributed by atoms with Gasteiger partial charge < -0.3 is 10.2 Å². The number of rotatable bonds is 6. The van der Waals surface area contributed by atoms with Gasteiger partial charge in [-0.3, -0.25) is 0 Å². The monoisotopic (exact) mass is 158 g/mol. The number of allylic oxidation sites excluding steroid dienone is 1. The first kappa shape index (κ1) is 10.7. The Hall–Kier alpha value is -0.340. The maximum atomic E-state index is 9.25. The van der Waals surface area contributed by atoms with Gasteiger partial charge in [0.15, 0.2) is 0 Å². The minimum absolute atomic E-state index is 0.352. The highest BCUT2D eigenvalue weighted by atomic mass is 16.3. The summed E-state index contributed by atoms with van der Waals surface area (Å²) in [5.41, 5.74) is 0. The molecule has 0 aliphatic heterocycles. The van der Waals surface area contributed by atoms with E-state index in [1.54, 1.807) is 6.92 Å². The molecule has 0 bridgehead atoms. The molecule has 11 heavy (non-hydrogen) atoms. The smallest absolute Gasteiger partial charge is 0.0564 e. The van der Waals surface area contributed by atoms with Gasteiger partial charge in [-0.25, -0.2) is 0 Å². The van der Waals surface area contributed by atoms with Crippen molar-refractivity contribution in [2.75, 3.05) is 0 Å². The molecule has 0 heterocycles. The second-order valence-corrected chi connectivity index (χ2v) is 2.96. The lowest BCUT2D eigenvalue weighted by Crippen LogP contribution is -2.14. The van der Waals surface area contributed by atoms with E-state index in [1.165, 1.54) is 0 Å². The topological polar surface area (TPSA) is 40.5 Å². The van der Waals surface area contributed by atoms with E-state index in [0.717, 1.165) is 19.3 Å². The molecule has 0 fully saturated rings. The normalized spacial score (nSPS) is 15.9. The Kier molecular flexibility index (Phi) is 6.18. The van der Waals surface area contributed by atoms with E-state index in [1.807, 2.05) is 6.08 Å². The average Bonchev–Trinajstić information content (AvgIpc) is 1.86. The Morgan fingerprint density at radius 3 is 2.55 bits per heavy atom. The van der Waals surface area contributed by atoms with Crippen molar-refractivity contribution in [3.8, 4) is 0 Å². The van der Waals surface area contributed by atoms with Crippen molar-refractivity contribution in [3.63, 3.8) is 0 Å². The third kappa shape index (κ3) is 7.56. The standard InChI is InChI=1S/C9H18O2/c1-3-4-5-6-9(11)7-8(2)10/h3,8-11H,1,4-7H2,2H3/t8-,9+/m0/s1. The van der Waals surface area contributed by atoms with Crippen LogP contribution in [0.2, 0.25) is 0 Å². The first-order valence-corrected chi connectivity index (χ1v) is 4.13. The summed E-state index contributed by atoms with van der Waals surface area (Å²) in [6, 6.07) is 0. The van der Waals surface area contributed by atoms with Gasteiger partial charge in [-0.15, -0.1) is 6.58 Å². The van der Waals surface area contributed by atoms with Gasteiger partial charge in [-0.2, -0.15) is 0 Å². The Morgan fingerprint density at radius 2 is 2.09 bits per heavy atom. The van der Waals surface area contributed by atoms with Crippen molar-refractivity contribution >= 4 is 0 Å². The Labute approximate surface area is 68.6 Å². The van der Waals surface area contributed by atoms with Crippen LogP contribution in [0.5, 0.6) is 0 Å². The number of unbranched alkanes of at least 4 members (excludes halogenated alkanes) is 1. The number of hydrogen-bond acceptors (Lipinski definition) is 2. The van der Waals surface area contributed by atoms with Crippen molar-refractivity contribution in [2.45, 2.75) is 44.8 Å². The molecule has 2 atom stereocenters. The molecule has 0 unspecified atom stereocenters. The van der Waals surface area contributed by atoms with Crippen LogP contribution in [0, 0.1) is 0 Å². The highest BCUT2D eigenvalue weighted by molar-refractivity contribution is 4.68. The minimum atomic E-state index is -0.395. The highest BCUT2D eigenvalue weighted by Crippen LogP contribution is 2.06. The third-order valence-electron chi connectivity index (χ3n) is 1.56. The summed E-state index contributed by atoms with van der Waals surface area (Å²) in [6.45, 7) is 5.28. The predicted octanol–water partition coefficient (Wildman–Crippen LogP) is 1.47. The van der Waals surface area contributed by atoms with Crippen molar-refractivity contribution < 1.29 is 10.2 Å². The van der Waals surface area contributed by atoms with Crippen LogP contribution in [0.15, 0.2) is 12.7 Å². The number of aliphatic hydroxyl groups is 2. The van der Waals surface area contributed by atoms with Crippen LogP contribution in [0.1, 0.15) is 32.6 Å². The van der Waals surface area contributed by atoms with E-state index in [2.05, 4.69) is 6.58 Å². The Bertz CT molecular complexity index is 99.7. The lowest BCUT2D eigenvalue weighted by Gasteiger charge is -2.10. The van der Waals surface area contributed by atoms with Crippen LogP contribution in [-0.2, 0) is 0 Å². The molecule has 2 heteroatoms. The van der Waals surface area contributed by atoms with Crippen LogP contribution in [0.25, 0.3) is 0 Å². The summed E-state index contributed by atoms with van der Waals surface area (Å²) in [7, 11) is 0. The summed E-state index contributed by atoms with van der Waals surface area (Å²) in [6.07, 6.45) is 4.24. The maximum Gasteiger partial charge on any atom is 0.0564 e. The second kappa shape index (κ2) is 6.38. The molecule has 0 aromatic carbocycles. The first-order chi connectivity index (χ1) is 5.16. The zero-order valence-corrected chi connectivity index (χ0v) is 7.16. The second-order valence-electron chi connectivity index (χ2n) is 2.96. The lowest BCUT2D eigenvalue weighted by molar-refractivity contribution is 0.0841. The van der Waals surface area contributed by atoms with Gasteiger partial charge in [0, 0.05) is 0 Å². The molecule has 0 saturated carbocycles. The number of hydrogen-bond donors (Lipinski definition) is 2. The molecule has 66 valence electrons. The van der Waals surface area contributed by atoms with Gasteiger partial charge in [0.05, 0.1) is 12.2 Å². The molecule has 0 aliphatic carbocycles. The molecule has 0 spiro atoms. The van der Waals surface area contributed by atoms with E-state index in [9.17, 15) is 5.11 Å². The molecule has 0 aliphatic rings. The van der Waals surface area contributed by atoms with Gasteiger partial charge >= 0.3 is 0 Å². The van der Waals surface area contributed by atoms with Gasteiger partial charge in [0.1, 0.15) is 0 Å². The van der Waals surface area contributed by atoms with E-state index in [-0.39, 0.29) is 6.10 Å². The molecule has 0 aromatic rings. The molecule has 0 rings (SSSR count). The van der Waals surface area contributed by atoms with Crippen molar-refractivity contribution in [1.29, 1.82) is 0 Å². The molecule has 0 saturated heterocycles. The summed E-state index contributed by atoms with van der Waals surface area (Å²) >= 11 is 0. The predicted molar refractivity (Wildman–Crippen MR) is 46.4 cm³/mol. The van der Waals surface area contributed by atoms with Gasteiger partial charge in [-0.1, -0.05) is 6.08 Å². The van der Waals surface area contributed by atoms with Gasteiger partial charge in [0.2, 0.25) is 0 Å². The molecule has 0 amide bonds. The van der Waals surface area contributed by atoms with E-state index in [0.29, 0.717) is 6.42 Å². The average molecular weight is 158 g/mol. The van der Waals surface area contributed by atoms with Crippen LogP contribution >= 0.6 is 0 Å². The third-order valence-corrected chi connectivity index (χ3v) is 1.56. The molecule has 0 radical (unpaired) electrons. The maximum absolute atomic E-state index is 9.25. The van der Waals surface area contributed by atoms with Crippen LogP contribution < -0.4 is 0 Å². The SMILES string of the molecule is C=CCCC[C@@H](O)C[C@H](C)O. The minimum Gasteiger partial charge on any atom is -0.393 e. The quantitative estimate of drug-likeness (QED) is 0.454. The Balaban J connectivity index is 3.21. The zero-order chi connectivity index (χ0) is 8.69. The molecular weight excluding hydrogens is 140 g/mol. The molecule has 2 N–H and O–H groups in total. The summed E-state index contributed by atoms with van der Waals surface area (Å²) < 4.78 is 0. The van der Waals surface area contributed by atoms with Gasteiger partial charge in [-0.05, 0) is 32.6 Å². The lowest BCUT2D eigenvalue weighted by atomic mass is 10.1. The van der Waals surface area contributed by atoms with Crippen molar-refractivity contribution in [3.05, 3.63) is 12.7 Å². The molecule has 2 nitrogen and oxygen atoms in total. The molecule has 0 aromatic heterocycles. The highest BCUT2D eigenvalue weighted by Gasteiger charge is 2.06. The van der Waals surface area contributed by atoms with Gasteiger partial charge in [0.25, 0.3) is 0 Å². The van der Waals surface area contributed by atoms with Crippen LogP contribution in [-0.4, -0.2) is 22.4 Å². The summed E-state index contributed by atoms with van der Waals surface area (Å²) in [4.78, 5) is 0. The van der Waals surface area contributed by atoms with Crippen LogP contribution in [0.4, 0.5) is 0 Å². The summed E-state index contributed by atoms with van der Waals surface area (Å²) in [5.74, 6) is 0. The van der Waals surface area contributed by atoms with Crippen LogP contribution in [0.3, 0.4) is 0 Å². The summed E-state index contributed by atoms with van der Waals surface area (Å²) in [5, 5.41) is 18.2. The molecular formula is C9H18O2. The zero-order valence-electron chi connectivity index (χ0n) is 7.16. The Morgan fingerprint density at radius 1 is 1.45 bits per heavy atom. The fraction of sp³-hybridized carbons (Fsp3) is 0.778. The fourth-order valence-electron chi connectivity index (χ4n) is 1.01. The van der Waals surface area contributed by atoms with Crippen molar-refractivity contribution in [2.24, 2.45) is 0 Å². The van der Waals surface area contributed by atoms with E-state index in [4.69, 9.17) is 5.11 Å². The largest absolute Gasteiger partial charge is 0.393 e. The van der Waals surface area contributed by atoms with E-state index < -0.39 is 6.10 Å². The fourth-order valence-corrected chi connectivity index (χ4v) is 1.01. The van der Waals surface area contributed by atoms with E-state index >= 15 is 0 Å². The number of aliphatic hydroxyl groups excluding tert-OH is 2. The first-order valence-electron chi connectivity index (χ1n) is 4.13. The van der Waals surface area contributed by atoms with Crippen molar-refractivity contribution in [1.82, 2.24) is 0 Å².